The number of H-pyrrole nitrogens is 1. The lowest BCUT2D eigenvalue weighted by molar-refractivity contribution is 0.223. The first-order valence-corrected chi connectivity index (χ1v) is 6.91. The van der Waals surface area contributed by atoms with E-state index in [-0.39, 0.29) is 0 Å². The minimum Gasteiger partial charge on any atom is -0.307 e. The molecule has 2 rings (SSSR count). The molecule has 3 heteroatoms. The highest BCUT2D eigenvalue weighted by Gasteiger charge is 2.25. The molecule has 1 saturated carbocycles. The van der Waals surface area contributed by atoms with Gasteiger partial charge in [0.05, 0.1) is 6.20 Å². The first-order valence-electron chi connectivity index (χ1n) is 6.91. The lowest BCUT2D eigenvalue weighted by atomic mass is 9.79. The Labute approximate surface area is 104 Å². The van der Waals surface area contributed by atoms with Crippen molar-refractivity contribution in [1.82, 2.24) is 15.5 Å². The average molecular weight is 235 g/mol. The third kappa shape index (κ3) is 3.32. The van der Waals surface area contributed by atoms with Crippen LogP contribution in [-0.2, 0) is 0 Å². The molecule has 1 aromatic rings. The Morgan fingerprint density at radius 1 is 1.35 bits per heavy atom. The molecule has 0 spiro atoms. The second-order valence-corrected chi connectivity index (χ2v) is 5.79. The van der Waals surface area contributed by atoms with Crippen molar-refractivity contribution in [2.24, 2.45) is 11.8 Å². The maximum atomic E-state index is 4.01. The van der Waals surface area contributed by atoms with Crippen LogP contribution in [0.15, 0.2) is 12.4 Å². The Balaban J connectivity index is 1.86. The zero-order valence-electron chi connectivity index (χ0n) is 11.2. The molecule has 0 aromatic carbocycles. The summed E-state index contributed by atoms with van der Waals surface area (Å²) in [6.45, 7) is 6.93. The van der Waals surface area contributed by atoms with E-state index in [9.17, 15) is 0 Å². The largest absolute Gasteiger partial charge is 0.307 e. The monoisotopic (exact) mass is 235 g/mol. The van der Waals surface area contributed by atoms with E-state index in [4.69, 9.17) is 0 Å². The molecule has 0 radical (unpaired) electrons. The Morgan fingerprint density at radius 2 is 2.18 bits per heavy atom. The quantitative estimate of drug-likeness (QED) is 0.841. The molecular weight excluding hydrogens is 210 g/mol. The summed E-state index contributed by atoms with van der Waals surface area (Å²) in [5.41, 5.74) is 1.26. The number of rotatable bonds is 4. The number of nitrogens with zero attached hydrogens (tertiary/aromatic N) is 1. The summed E-state index contributed by atoms with van der Waals surface area (Å²) in [4.78, 5) is 0. The summed E-state index contributed by atoms with van der Waals surface area (Å²) in [5, 5.41) is 10.6. The number of aromatic amines is 1. The number of aromatic nitrogens is 2. The van der Waals surface area contributed by atoms with Crippen molar-refractivity contribution in [2.45, 2.75) is 58.5 Å². The van der Waals surface area contributed by atoms with E-state index in [1.165, 1.54) is 31.2 Å². The third-order valence-corrected chi connectivity index (χ3v) is 4.16. The predicted octanol–water partition coefficient (Wildman–Crippen LogP) is 3.28. The fourth-order valence-corrected chi connectivity index (χ4v) is 2.93. The molecule has 17 heavy (non-hydrogen) atoms. The minimum atomic E-state index is 0.407. The second kappa shape index (κ2) is 5.67. The zero-order chi connectivity index (χ0) is 12.3. The van der Waals surface area contributed by atoms with Gasteiger partial charge in [0.15, 0.2) is 0 Å². The zero-order valence-corrected chi connectivity index (χ0v) is 11.2. The maximum absolute atomic E-state index is 4.01. The lowest BCUT2D eigenvalue weighted by Gasteiger charge is -2.33. The number of nitrogens with one attached hydrogen (secondary N) is 2. The topological polar surface area (TPSA) is 40.7 Å². The van der Waals surface area contributed by atoms with Crippen molar-refractivity contribution < 1.29 is 0 Å². The molecule has 0 bridgehead atoms. The highest BCUT2D eigenvalue weighted by Crippen LogP contribution is 2.30. The summed E-state index contributed by atoms with van der Waals surface area (Å²) >= 11 is 0. The van der Waals surface area contributed by atoms with Crippen LogP contribution in [-0.4, -0.2) is 16.2 Å². The Kier molecular flexibility index (Phi) is 4.21. The van der Waals surface area contributed by atoms with E-state index in [0.29, 0.717) is 12.1 Å². The molecule has 0 saturated heterocycles. The molecule has 1 aliphatic rings. The van der Waals surface area contributed by atoms with Crippen molar-refractivity contribution in [2.75, 3.05) is 0 Å². The van der Waals surface area contributed by atoms with Crippen LogP contribution < -0.4 is 5.32 Å². The smallest absolute Gasteiger partial charge is 0.0534 e. The normalized spacial score (nSPS) is 27.3. The van der Waals surface area contributed by atoms with E-state index < -0.39 is 0 Å². The van der Waals surface area contributed by atoms with E-state index in [1.807, 2.05) is 12.4 Å². The fourth-order valence-electron chi connectivity index (χ4n) is 2.93. The van der Waals surface area contributed by atoms with E-state index >= 15 is 0 Å². The minimum absolute atomic E-state index is 0.407. The van der Waals surface area contributed by atoms with Crippen LogP contribution >= 0.6 is 0 Å². The Morgan fingerprint density at radius 3 is 2.82 bits per heavy atom. The van der Waals surface area contributed by atoms with Gasteiger partial charge in [-0.25, -0.2) is 0 Å². The van der Waals surface area contributed by atoms with Gasteiger partial charge in [0, 0.05) is 23.8 Å². The average Bonchev–Trinajstić information content (AvgIpc) is 2.82. The molecule has 1 aromatic heterocycles. The highest BCUT2D eigenvalue weighted by atomic mass is 15.1. The van der Waals surface area contributed by atoms with Gasteiger partial charge >= 0.3 is 0 Å². The fraction of sp³-hybridized carbons (Fsp3) is 0.786. The van der Waals surface area contributed by atoms with Crippen molar-refractivity contribution in [3.05, 3.63) is 18.0 Å². The summed E-state index contributed by atoms with van der Waals surface area (Å²) in [7, 11) is 0. The summed E-state index contributed by atoms with van der Waals surface area (Å²) < 4.78 is 0. The van der Waals surface area contributed by atoms with Crippen LogP contribution in [0.5, 0.6) is 0 Å². The molecule has 0 aliphatic heterocycles. The van der Waals surface area contributed by atoms with Gasteiger partial charge in [-0.05, 0) is 31.6 Å². The van der Waals surface area contributed by atoms with Crippen LogP contribution in [0.2, 0.25) is 0 Å². The molecule has 3 unspecified atom stereocenters. The lowest BCUT2D eigenvalue weighted by Crippen LogP contribution is -2.36. The summed E-state index contributed by atoms with van der Waals surface area (Å²) in [5.74, 6) is 1.72. The van der Waals surface area contributed by atoms with Crippen molar-refractivity contribution in [3.63, 3.8) is 0 Å². The van der Waals surface area contributed by atoms with Crippen LogP contribution in [0.4, 0.5) is 0 Å². The molecule has 0 amide bonds. The predicted molar refractivity (Wildman–Crippen MR) is 70.7 cm³/mol. The molecule has 3 atom stereocenters. The molecule has 1 fully saturated rings. The van der Waals surface area contributed by atoms with Gasteiger partial charge in [-0.3, -0.25) is 5.10 Å². The first kappa shape index (κ1) is 12.6. The molecule has 2 N–H and O–H groups in total. The maximum Gasteiger partial charge on any atom is 0.0534 e. The number of hydrogen-bond donors (Lipinski definition) is 2. The second-order valence-electron chi connectivity index (χ2n) is 5.79. The van der Waals surface area contributed by atoms with Gasteiger partial charge in [0.1, 0.15) is 0 Å². The van der Waals surface area contributed by atoms with Crippen molar-refractivity contribution in [1.29, 1.82) is 0 Å². The molecule has 96 valence electrons. The van der Waals surface area contributed by atoms with Gasteiger partial charge in [-0.15, -0.1) is 0 Å². The molecule has 3 nitrogen and oxygen atoms in total. The van der Waals surface area contributed by atoms with Crippen molar-refractivity contribution >= 4 is 0 Å². The van der Waals surface area contributed by atoms with Gasteiger partial charge in [0.2, 0.25) is 0 Å². The van der Waals surface area contributed by atoms with Gasteiger partial charge in [-0.1, -0.05) is 26.7 Å². The summed E-state index contributed by atoms with van der Waals surface area (Å²) in [6, 6.07) is 1.09. The SMILES string of the molecule is CC(NC1CCCC(C(C)C)C1)c1cn[nH]c1. The highest BCUT2D eigenvalue weighted by molar-refractivity contribution is 5.08. The Bertz CT molecular complexity index is 318. The Hall–Kier alpha value is -0.830. The van der Waals surface area contributed by atoms with Gasteiger partial charge in [-0.2, -0.15) is 5.10 Å². The summed E-state index contributed by atoms with van der Waals surface area (Å²) in [6.07, 6.45) is 9.35. The number of hydrogen-bond acceptors (Lipinski definition) is 2. The van der Waals surface area contributed by atoms with Crippen LogP contribution in [0.1, 0.15) is 58.1 Å². The van der Waals surface area contributed by atoms with E-state index in [0.717, 1.165) is 11.8 Å². The third-order valence-electron chi connectivity index (χ3n) is 4.16. The first-order chi connectivity index (χ1) is 8.16. The van der Waals surface area contributed by atoms with E-state index in [2.05, 4.69) is 36.3 Å². The molecule has 1 aliphatic carbocycles. The molecular formula is C14H25N3. The van der Waals surface area contributed by atoms with Gasteiger partial charge in [0.25, 0.3) is 0 Å². The standard InChI is InChI=1S/C14H25N3/c1-10(2)12-5-4-6-14(7-12)17-11(3)13-8-15-16-9-13/h8-12,14,17H,4-7H2,1-3H3,(H,15,16). The van der Waals surface area contributed by atoms with Crippen LogP contribution in [0, 0.1) is 11.8 Å². The van der Waals surface area contributed by atoms with Crippen LogP contribution in [0.3, 0.4) is 0 Å². The van der Waals surface area contributed by atoms with Gasteiger partial charge < -0.3 is 5.32 Å². The molecule has 1 heterocycles. The van der Waals surface area contributed by atoms with E-state index in [1.54, 1.807) is 0 Å². The van der Waals surface area contributed by atoms with Crippen LogP contribution in [0.25, 0.3) is 0 Å². The van der Waals surface area contributed by atoms with Crippen molar-refractivity contribution in [3.8, 4) is 0 Å².